The lowest BCUT2D eigenvalue weighted by Crippen LogP contribution is -2.31. The molecule has 2 amide bonds. The van der Waals surface area contributed by atoms with Gasteiger partial charge in [-0.2, -0.15) is 0 Å². The zero-order valence-corrected chi connectivity index (χ0v) is 19.9. The lowest BCUT2D eigenvalue weighted by Gasteiger charge is -2.15. The van der Waals surface area contributed by atoms with Crippen molar-refractivity contribution >= 4 is 45.5 Å². The highest BCUT2D eigenvalue weighted by Gasteiger charge is 2.19. The van der Waals surface area contributed by atoms with Crippen LogP contribution in [0.25, 0.3) is 6.08 Å². The van der Waals surface area contributed by atoms with Gasteiger partial charge in [0.2, 0.25) is 0 Å². The van der Waals surface area contributed by atoms with Gasteiger partial charge in [-0.25, -0.2) is 4.79 Å². The van der Waals surface area contributed by atoms with E-state index < -0.39 is 17.8 Å². The van der Waals surface area contributed by atoms with Crippen molar-refractivity contribution in [1.29, 1.82) is 0 Å². The molecule has 0 unspecified atom stereocenters. The van der Waals surface area contributed by atoms with E-state index in [9.17, 15) is 19.5 Å². The lowest BCUT2D eigenvalue weighted by molar-refractivity contribution is -0.113. The number of para-hydroxylation sites is 1. The largest absolute Gasteiger partial charge is 0.496 e. The molecule has 174 valence electrons. The first-order valence-corrected chi connectivity index (χ1v) is 10.8. The van der Waals surface area contributed by atoms with Gasteiger partial charge in [-0.1, -0.05) is 30.3 Å². The van der Waals surface area contributed by atoms with Crippen molar-refractivity contribution in [3.8, 4) is 11.5 Å². The van der Waals surface area contributed by atoms with Crippen LogP contribution in [0.1, 0.15) is 26.3 Å². The molecule has 0 bridgehead atoms. The van der Waals surface area contributed by atoms with E-state index in [1.54, 1.807) is 48.5 Å². The number of rotatable bonds is 8. The Labute approximate surface area is 204 Å². The molecule has 8 nitrogen and oxygen atoms in total. The van der Waals surface area contributed by atoms with Gasteiger partial charge in [0, 0.05) is 10.0 Å². The van der Waals surface area contributed by atoms with Crippen LogP contribution in [0.5, 0.6) is 11.5 Å². The number of benzene rings is 3. The van der Waals surface area contributed by atoms with Crippen molar-refractivity contribution in [2.75, 3.05) is 19.5 Å². The molecule has 0 spiro atoms. The van der Waals surface area contributed by atoms with Gasteiger partial charge < -0.3 is 25.2 Å². The number of nitrogens with one attached hydrogen (secondary N) is 2. The Bertz CT molecular complexity index is 1270. The van der Waals surface area contributed by atoms with E-state index in [0.29, 0.717) is 21.3 Å². The van der Waals surface area contributed by atoms with Crippen molar-refractivity contribution in [1.82, 2.24) is 5.32 Å². The highest BCUT2D eigenvalue weighted by atomic mass is 79.9. The molecular formula is C25H21BrN2O6. The van der Waals surface area contributed by atoms with Gasteiger partial charge in [0.05, 0.1) is 31.0 Å². The van der Waals surface area contributed by atoms with Gasteiger partial charge in [0.1, 0.15) is 17.2 Å². The second kappa shape index (κ2) is 11.2. The number of carboxylic acids is 1. The van der Waals surface area contributed by atoms with Gasteiger partial charge in [-0.05, 0) is 58.4 Å². The van der Waals surface area contributed by atoms with Crippen LogP contribution >= 0.6 is 15.9 Å². The van der Waals surface area contributed by atoms with E-state index in [1.807, 2.05) is 0 Å². The number of hydrogen-bond donors (Lipinski definition) is 3. The molecule has 3 aromatic carbocycles. The molecule has 0 aliphatic heterocycles. The van der Waals surface area contributed by atoms with Crippen molar-refractivity contribution in [3.05, 3.63) is 93.6 Å². The number of halogens is 1. The second-order valence-electron chi connectivity index (χ2n) is 6.91. The average Bonchev–Trinajstić information content (AvgIpc) is 2.84. The Balaban J connectivity index is 2.01. The maximum atomic E-state index is 13.3. The van der Waals surface area contributed by atoms with Crippen LogP contribution in [0, 0.1) is 0 Å². The molecule has 0 aliphatic rings. The number of carboxylic acid groups (broad SMARTS) is 1. The zero-order chi connectivity index (χ0) is 24.7. The first-order valence-electron chi connectivity index (χ1n) is 9.97. The summed E-state index contributed by atoms with van der Waals surface area (Å²) in [6, 6.07) is 17.8. The van der Waals surface area contributed by atoms with Crippen LogP contribution in [-0.4, -0.2) is 37.1 Å². The highest BCUT2D eigenvalue weighted by molar-refractivity contribution is 9.10. The molecule has 34 heavy (non-hydrogen) atoms. The number of ether oxygens (including phenoxy) is 2. The number of methoxy groups -OCH3 is 2. The minimum absolute atomic E-state index is 0.0383. The van der Waals surface area contributed by atoms with Crippen LogP contribution in [-0.2, 0) is 4.79 Å². The second-order valence-corrected chi connectivity index (χ2v) is 7.76. The summed E-state index contributed by atoms with van der Waals surface area (Å²) in [5.41, 5.74) is 0.880. The van der Waals surface area contributed by atoms with Crippen LogP contribution in [0.3, 0.4) is 0 Å². The van der Waals surface area contributed by atoms with E-state index >= 15 is 0 Å². The normalized spacial score (nSPS) is 10.9. The van der Waals surface area contributed by atoms with Gasteiger partial charge in [0.15, 0.2) is 0 Å². The number of carbonyl (C=O) groups is 3. The molecule has 0 radical (unpaired) electrons. The minimum atomic E-state index is -1.16. The first-order chi connectivity index (χ1) is 16.3. The topological polar surface area (TPSA) is 114 Å². The Morgan fingerprint density at radius 1 is 0.912 bits per heavy atom. The first kappa shape index (κ1) is 24.5. The van der Waals surface area contributed by atoms with Crippen molar-refractivity contribution < 1.29 is 29.0 Å². The number of amides is 2. The van der Waals surface area contributed by atoms with Crippen molar-refractivity contribution in [3.63, 3.8) is 0 Å². The standard InChI is InChI=1S/C25H21BrN2O6/c1-33-21-10-6-3-7-15(21)13-20(28-23(29)17-8-4-5-9-18(17)26)24(30)27-19-14-16(25(31)32)11-12-22(19)34-2/h3-14H,1-2H3,(H,27,30)(H,28,29)(H,31,32)/b20-13-. The summed E-state index contributed by atoms with van der Waals surface area (Å²) in [4.78, 5) is 37.6. The quantitative estimate of drug-likeness (QED) is 0.372. The Hall–Kier alpha value is -4.11. The SMILES string of the molecule is COc1ccccc1/C=C(\NC(=O)c1ccccc1Br)C(=O)Nc1cc(C(=O)O)ccc1OC. The summed E-state index contributed by atoms with van der Waals surface area (Å²) in [5.74, 6) is -1.62. The maximum absolute atomic E-state index is 13.3. The third kappa shape index (κ3) is 5.81. The maximum Gasteiger partial charge on any atom is 0.335 e. The van der Waals surface area contributed by atoms with Crippen LogP contribution in [0.2, 0.25) is 0 Å². The van der Waals surface area contributed by atoms with E-state index in [4.69, 9.17) is 9.47 Å². The van der Waals surface area contributed by atoms with Gasteiger partial charge in [-0.15, -0.1) is 0 Å². The van der Waals surface area contributed by atoms with Gasteiger partial charge >= 0.3 is 5.97 Å². The smallest absolute Gasteiger partial charge is 0.335 e. The lowest BCUT2D eigenvalue weighted by atomic mass is 10.1. The van der Waals surface area contributed by atoms with Crippen molar-refractivity contribution in [2.45, 2.75) is 0 Å². The summed E-state index contributed by atoms with van der Waals surface area (Å²) in [6.45, 7) is 0. The number of aromatic carboxylic acids is 1. The Morgan fingerprint density at radius 2 is 1.59 bits per heavy atom. The average molecular weight is 525 g/mol. The number of anilines is 1. The van der Waals surface area contributed by atoms with Crippen molar-refractivity contribution in [2.24, 2.45) is 0 Å². The molecule has 0 aromatic heterocycles. The molecule has 0 heterocycles. The Morgan fingerprint density at radius 3 is 2.26 bits per heavy atom. The molecule has 0 atom stereocenters. The highest BCUT2D eigenvalue weighted by Crippen LogP contribution is 2.27. The molecular weight excluding hydrogens is 504 g/mol. The zero-order valence-electron chi connectivity index (χ0n) is 18.3. The molecule has 3 aromatic rings. The minimum Gasteiger partial charge on any atom is -0.496 e. The molecule has 0 saturated heterocycles. The summed E-state index contributed by atoms with van der Waals surface area (Å²) < 4.78 is 11.1. The monoisotopic (exact) mass is 524 g/mol. The van der Waals surface area contributed by atoms with Crippen LogP contribution in [0.4, 0.5) is 5.69 Å². The molecule has 0 fully saturated rings. The third-order valence-electron chi connectivity index (χ3n) is 4.74. The molecule has 0 saturated carbocycles. The third-order valence-corrected chi connectivity index (χ3v) is 5.44. The van der Waals surface area contributed by atoms with E-state index in [0.717, 1.165) is 0 Å². The fourth-order valence-corrected chi connectivity index (χ4v) is 3.53. The van der Waals surface area contributed by atoms with E-state index in [2.05, 4.69) is 26.6 Å². The fourth-order valence-electron chi connectivity index (χ4n) is 3.06. The summed E-state index contributed by atoms with van der Waals surface area (Å²) in [7, 11) is 2.89. The summed E-state index contributed by atoms with van der Waals surface area (Å²) in [6.07, 6.45) is 1.47. The van der Waals surface area contributed by atoms with Gasteiger partial charge in [0.25, 0.3) is 11.8 Å². The van der Waals surface area contributed by atoms with E-state index in [1.165, 1.54) is 38.5 Å². The molecule has 3 rings (SSSR count). The molecule has 9 heteroatoms. The number of hydrogen-bond acceptors (Lipinski definition) is 5. The molecule has 3 N–H and O–H groups in total. The fraction of sp³-hybridized carbons (Fsp3) is 0.0800. The summed E-state index contributed by atoms with van der Waals surface area (Å²) in [5, 5.41) is 14.6. The van der Waals surface area contributed by atoms with Crippen LogP contribution < -0.4 is 20.1 Å². The predicted octanol–water partition coefficient (Wildman–Crippen LogP) is 4.57. The predicted molar refractivity (Wildman–Crippen MR) is 131 cm³/mol. The van der Waals surface area contributed by atoms with Gasteiger partial charge in [-0.3, -0.25) is 9.59 Å². The summed E-state index contributed by atoms with van der Waals surface area (Å²) >= 11 is 3.33. The Kier molecular flexibility index (Phi) is 8.05. The molecule has 0 aliphatic carbocycles. The van der Waals surface area contributed by atoms with Crippen LogP contribution in [0.15, 0.2) is 76.9 Å². The number of carbonyl (C=O) groups excluding carboxylic acids is 2. The van der Waals surface area contributed by atoms with E-state index in [-0.39, 0.29) is 22.7 Å².